The van der Waals surface area contributed by atoms with Gasteiger partial charge >= 0.3 is 11.9 Å². The van der Waals surface area contributed by atoms with Gasteiger partial charge in [-0.15, -0.1) is 0 Å². The zero-order chi connectivity index (χ0) is 40.7. The van der Waals surface area contributed by atoms with E-state index < -0.39 is 23.3 Å². The van der Waals surface area contributed by atoms with Gasteiger partial charge in [0.25, 0.3) is 0 Å². The normalized spacial score (nSPS) is 16.9. The standard InChI is InChI=1S/C45H56ClN3O7/c1-6-31-22-15-24-34(41(31)46)20-13-14-26-40(51)49(7-2)36(30-54-44(53)42(47)39-29-37(48-56-39)32-17-9-8-10-18-32)27-28-38(50)33-19-11-12-21-35(25-16-23-33)43(52)55-45(3,4)5/h6,8-10,14-15,17-18,22,24,26,29,33,35-36,47H,1,7,11-13,16,19-21,23,25,27-28,30H2,2-5H3/b26-14+,47-42?/t33?,35?,36-/m0/s1. The van der Waals surface area contributed by atoms with Crippen molar-refractivity contribution in [3.63, 3.8) is 0 Å². The number of aryl methyl sites for hydroxylation is 1. The molecule has 1 aliphatic rings. The van der Waals surface area contributed by atoms with Gasteiger partial charge in [-0.25, -0.2) is 4.79 Å². The molecule has 1 fully saturated rings. The van der Waals surface area contributed by atoms with Crippen LogP contribution in [-0.4, -0.2) is 64.2 Å². The van der Waals surface area contributed by atoms with Crippen LogP contribution in [0.25, 0.3) is 17.3 Å². The number of hydrogen-bond donors (Lipinski definition) is 1. The smallest absolute Gasteiger partial charge is 0.360 e. The fourth-order valence-electron chi connectivity index (χ4n) is 7.01. The number of nitrogens with one attached hydrogen (secondary N) is 1. The van der Waals surface area contributed by atoms with Crippen LogP contribution in [0.2, 0.25) is 5.02 Å². The third-order valence-corrected chi connectivity index (χ3v) is 10.5. The number of rotatable bonds is 17. The highest BCUT2D eigenvalue weighted by atomic mass is 35.5. The quantitative estimate of drug-likeness (QED) is 0.0811. The van der Waals surface area contributed by atoms with E-state index in [1.807, 2.05) is 76.2 Å². The summed E-state index contributed by atoms with van der Waals surface area (Å²) in [6.07, 6.45) is 11.9. The van der Waals surface area contributed by atoms with Gasteiger partial charge in [0.15, 0.2) is 11.5 Å². The van der Waals surface area contributed by atoms with Crippen molar-refractivity contribution >= 4 is 47.0 Å². The monoisotopic (exact) mass is 785 g/mol. The zero-order valence-corrected chi connectivity index (χ0v) is 33.9. The summed E-state index contributed by atoms with van der Waals surface area (Å²) in [5.41, 5.74) is 2.00. The van der Waals surface area contributed by atoms with Gasteiger partial charge in [-0.05, 0) is 89.8 Å². The number of Topliss-reactive ketones (excluding diaryl/α,β-unsaturated/α-hetero) is 1. The molecule has 0 aliphatic heterocycles. The van der Waals surface area contributed by atoms with Gasteiger partial charge in [0.1, 0.15) is 23.7 Å². The Labute approximate surface area is 336 Å². The molecule has 1 heterocycles. The second kappa shape index (κ2) is 21.5. The third kappa shape index (κ3) is 13.1. The summed E-state index contributed by atoms with van der Waals surface area (Å²) in [4.78, 5) is 55.0. The highest BCUT2D eigenvalue weighted by Crippen LogP contribution is 2.29. The summed E-state index contributed by atoms with van der Waals surface area (Å²) in [5.74, 6) is -1.65. The largest absolute Gasteiger partial charge is 0.460 e. The minimum atomic E-state index is -0.925. The second-order valence-electron chi connectivity index (χ2n) is 15.3. The van der Waals surface area contributed by atoms with Crippen LogP contribution in [0.15, 0.2) is 77.9 Å². The molecule has 1 amide bonds. The molecule has 3 aromatic rings. The molecule has 4 rings (SSSR count). The number of nitrogens with zero attached hydrogens (tertiary/aromatic N) is 2. The van der Waals surface area contributed by atoms with E-state index in [4.69, 9.17) is 31.0 Å². The molecule has 0 saturated heterocycles. The maximum atomic E-state index is 13.7. The number of carbonyl (C=O) groups excluding carboxylic acids is 4. The van der Waals surface area contributed by atoms with Gasteiger partial charge in [-0.2, -0.15) is 0 Å². The van der Waals surface area contributed by atoms with Crippen molar-refractivity contribution < 1.29 is 33.2 Å². The fourth-order valence-corrected chi connectivity index (χ4v) is 7.31. The lowest BCUT2D eigenvalue weighted by Crippen LogP contribution is -2.43. The van der Waals surface area contributed by atoms with E-state index >= 15 is 0 Å². The van der Waals surface area contributed by atoms with Gasteiger partial charge in [0.2, 0.25) is 5.91 Å². The van der Waals surface area contributed by atoms with E-state index in [9.17, 15) is 19.2 Å². The number of ketones is 1. The van der Waals surface area contributed by atoms with Crippen LogP contribution in [0.1, 0.15) is 109 Å². The molecule has 1 N–H and O–H groups in total. The lowest BCUT2D eigenvalue weighted by molar-refractivity contribution is -0.160. The van der Waals surface area contributed by atoms with Crippen LogP contribution in [0.5, 0.6) is 0 Å². The molecule has 1 aromatic heterocycles. The van der Waals surface area contributed by atoms with E-state index in [-0.39, 0.29) is 54.7 Å². The van der Waals surface area contributed by atoms with Crippen molar-refractivity contribution in [1.29, 1.82) is 5.41 Å². The molecule has 56 heavy (non-hydrogen) atoms. The number of carbonyl (C=O) groups is 4. The number of likely N-dealkylation sites (N-methyl/N-ethyl adjacent to an activating group) is 1. The molecule has 300 valence electrons. The van der Waals surface area contributed by atoms with Crippen LogP contribution < -0.4 is 0 Å². The lowest BCUT2D eigenvalue weighted by Gasteiger charge is -2.30. The first-order valence-electron chi connectivity index (χ1n) is 19.7. The average Bonchev–Trinajstić information content (AvgIpc) is 3.71. The van der Waals surface area contributed by atoms with Crippen molar-refractivity contribution in [2.45, 2.75) is 110 Å². The Balaban J connectivity index is 1.42. The Morgan fingerprint density at radius 1 is 1.02 bits per heavy atom. The van der Waals surface area contributed by atoms with Crippen LogP contribution in [0.3, 0.4) is 0 Å². The Morgan fingerprint density at radius 2 is 1.71 bits per heavy atom. The first kappa shape index (κ1) is 43.9. The van der Waals surface area contributed by atoms with Crippen molar-refractivity contribution in [3.8, 4) is 11.3 Å². The number of ether oxygens (including phenoxy) is 2. The van der Waals surface area contributed by atoms with E-state index in [2.05, 4.69) is 11.7 Å². The van der Waals surface area contributed by atoms with Gasteiger partial charge in [0.05, 0.1) is 17.0 Å². The first-order chi connectivity index (χ1) is 26.8. The number of benzene rings is 2. The van der Waals surface area contributed by atoms with Crippen LogP contribution in [-0.2, 0) is 35.1 Å². The summed E-state index contributed by atoms with van der Waals surface area (Å²) in [6.45, 7) is 11.4. The SMILES string of the molecule is C=Cc1cccc(CC/C=C/C(=O)N(CC)[C@@H](CCC(=O)C2CCCCC(C(=O)OC(C)(C)C)CCC2)COC(=O)C(=N)c2cc(-c3ccccc3)no2)c1Cl. The molecular weight excluding hydrogens is 730 g/mol. The number of aromatic nitrogens is 1. The number of esters is 2. The molecule has 1 saturated carbocycles. The van der Waals surface area contributed by atoms with E-state index in [1.54, 1.807) is 17.1 Å². The summed E-state index contributed by atoms with van der Waals surface area (Å²) in [7, 11) is 0. The number of allylic oxidation sites excluding steroid dienone is 1. The molecule has 2 aromatic carbocycles. The molecule has 10 nitrogen and oxygen atoms in total. The van der Waals surface area contributed by atoms with Crippen LogP contribution in [0, 0.1) is 17.2 Å². The Hall–Kier alpha value is -4.83. The zero-order valence-electron chi connectivity index (χ0n) is 33.2. The molecule has 3 atom stereocenters. The predicted octanol–water partition coefficient (Wildman–Crippen LogP) is 9.62. The number of amides is 1. The Bertz CT molecular complexity index is 1840. The molecule has 0 spiro atoms. The summed E-state index contributed by atoms with van der Waals surface area (Å²) in [5, 5.41) is 13.1. The lowest BCUT2D eigenvalue weighted by atomic mass is 9.89. The number of halogens is 1. The summed E-state index contributed by atoms with van der Waals surface area (Å²) >= 11 is 6.51. The van der Waals surface area contributed by atoms with Crippen molar-refractivity contribution in [2.75, 3.05) is 13.2 Å². The average molecular weight is 786 g/mol. The minimum absolute atomic E-state index is 0.0419. The van der Waals surface area contributed by atoms with Gasteiger partial charge in [-0.3, -0.25) is 19.8 Å². The van der Waals surface area contributed by atoms with Crippen molar-refractivity contribution in [1.82, 2.24) is 10.1 Å². The maximum absolute atomic E-state index is 13.7. The molecule has 0 radical (unpaired) electrons. The summed E-state index contributed by atoms with van der Waals surface area (Å²) in [6, 6.07) is 15.9. The predicted molar refractivity (Wildman–Crippen MR) is 219 cm³/mol. The summed E-state index contributed by atoms with van der Waals surface area (Å²) < 4.78 is 16.6. The topological polar surface area (TPSA) is 140 Å². The molecular formula is C45H56ClN3O7. The van der Waals surface area contributed by atoms with Gasteiger partial charge in [0, 0.05) is 30.5 Å². The second-order valence-corrected chi connectivity index (χ2v) is 15.7. The molecule has 0 bridgehead atoms. The van der Waals surface area contributed by atoms with Crippen molar-refractivity contribution in [3.05, 3.63) is 95.2 Å². The molecule has 11 heteroatoms. The Kier molecular flexibility index (Phi) is 16.8. The number of hydrogen-bond acceptors (Lipinski definition) is 9. The Morgan fingerprint density at radius 3 is 2.41 bits per heavy atom. The van der Waals surface area contributed by atoms with Gasteiger partial charge in [-0.1, -0.05) is 103 Å². The third-order valence-electron chi connectivity index (χ3n) is 10.1. The van der Waals surface area contributed by atoms with Crippen molar-refractivity contribution in [2.24, 2.45) is 11.8 Å². The first-order valence-corrected chi connectivity index (χ1v) is 20.1. The minimum Gasteiger partial charge on any atom is -0.460 e. The van der Waals surface area contributed by atoms with E-state index in [0.717, 1.165) is 48.8 Å². The highest BCUT2D eigenvalue weighted by molar-refractivity contribution is 6.41. The van der Waals surface area contributed by atoms with Crippen LogP contribution >= 0.6 is 11.6 Å². The van der Waals surface area contributed by atoms with E-state index in [0.29, 0.717) is 42.9 Å². The maximum Gasteiger partial charge on any atom is 0.360 e. The van der Waals surface area contributed by atoms with Gasteiger partial charge < -0.3 is 18.9 Å². The van der Waals surface area contributed by atoms with E-state index in [1.165, 1.54) is 12.1 Å². The fraction of sp³-hybridized carbons (Fsp3) is 0.467. The molecule has 1 aliphatic carbocycles. The highest BCUT2D eigenvalue weighted by Gasteiger charge is 2.30. The molecule has 2 unspecified atom stereocenters. The van der Waals surface area contributed by atoms with Crippen LogP contribution in [0.4, 0.5) is 0 Å².